The predicted octanol–water partition coefficient (Wildman–Crippen LogP) is 6.80. The van der Waals surface area contributed by atoms with Crippen LogP contribution in [0.15, 0.2) is 79.4 Å². The number of para-hydroxylation sites is 1. The van der Waals surface area contributed by atoms with Gasteiger partial charge in [0.1, 0.15) is 5.58 Å². The van der Waals surface area contributed by atoms with Gasteiger partial charge in [0.2, 0.25) is 11.6 Å². The molecular weight excluding hydrogens is 564 g/mol. The second kappa shape index (κ2) is 9.79. The Balaban J connectivity index is 1.68. The number of hydrogen-bond donors (Lipinski definition) is 0. The molecule has 0 radical (unpaired) electrons. The van der Waals surface area contributed by atoms with E-state index in [-0.39, 0.29) is 23.4 Å². The molecule has 2 heterocycles. The lowest BCUT2D eigenvalue weighted by Gasteiger charge is -2.12. The second-order valence-electron chi connectivity index (χ2n) is 8.38. The fourth-order valence-corrected chi connectivity index (χ4v) is 4.54. The van der Waals surface area contributed by atoms with E-state index in [0.29, 0.717) is 37.3 Å². The maximum atomic E-state index is 13.4. The Bertz CT molecular complexity index is 1780. The Kier molecular flexibility index (Phi) is 6.53. The number of benzene rings is 3. The van der Waals surface area contributed by atoms with Crippen molar-refractivity contribution in [3.05, 3.63) is 96.2 Å². The molecule has 11 heteroatoms. The fraction of sp³-hybridized carbons (Fsp3) is 0.115. The molecule has 2 aromatic heterocycles. The normalized spacial score (nSPS) is 11.7. The van der Waals surface area contributed by atoms with Crippen LogP contribution >= 0.6 is 27.5 Å². The zero-order valence-corrected chi connectivity index (χ0v) is 21.9. The summed E-state index contributed by atoms with van der Waals surface area (Å²) < 4.78 is 13.1. The van der Waals surface area contributed by atoms with Crippen LogP contribution in [0, 0.1) is 10.1 Å². The summed E-state index contributed by atoms with van der Waals surface area (Å²) in [5.74, 6) is 0.592. The highest BCUT2D eigenvalue weighted by atomic mass is 79.9. The van der Waals surface area contributed by atoms with Gasteiger partial charge in [-0.1, -0.05) is 23.7 Å². The quantitative estimate of drug-likeness (QED) is 0.124. The van der Waals surface area contributed by atoms with Crippen LogP contribution in [0.1, 0.15) is 19.4 Å². The number of rotatable bonds is 6. The maximum absolute atomic E-state index is 13.4. The lowest BCUT2D eigenvalue weighted by atomic mass is 10.2. The Hall–Kier alpha value is -4.02. The van der Waals surface area contributed by atoms with Crippen LogP contribution in [0.3, 0.4) is 0 Å². The predicted molar refractivity (Wildman–Crippen MR) is 146 cm³/mol. The van der Waals surface area contributed by atoms with E-state index in [1.54, 1.807) is 68.4 Å². The van der Waals surface area contributed by atoms with E-state index in [0.717, 1.165) is 10.1 Å². The van der Waals surface area contributed by atoms with Crippen molar-refractivity contribution in [2.45, 2.75) is 20.0 Å². The minimum atomic E-state index is -0.533. The van der Waals surface area contributed by atoms with Crippen LogP contribution in [-0.4, -0.2) is 26.9 Å². The first-order valence-electron chi connectivity index (χ1n) is 11.1. The van der Waals surface area contributed by atoms with Crippen molar-refractivity contribution >= 4 is 61.3 Å². The molecule has 0 bridgehead atoms. The fourth-order valence-electron chi connectivity index (χ4n) is 3.80. The zero-order chi connectivity index (χ0) is 26.3. The largest absolute Gasteiger partial charge is 0.483 e. The van der Waals surface area contributed by atoms with Gasteiger partial charge in [0.15, 0.2) is 5.76 Å². The molecule has 0 aliphatic carbocycles. The van der Waals surface area contributed by atoms with Crippen molar-refractivity contribution < 1.29 is 14.1 Å². The van der Waals surface area contributed by atoms with E-state index in [4.69, 9.17) is 20.8 Å². The van der Waals surface area contributed by atoms with Crippen LogP contribution < -0.4 is 10.3 Å². The SMILES string of the molecule is CC(C)Oc1c(Br)cc(C=Nn2c(-c3cc4cc(Cl)ccc4o3)nc3ccccc3c2=O)cc1[N+](=O)[O-]. The van der Waals surface area contributed by atoms with Crippen LogP contribution in [0.5, 0.6) is 5.75 Å². The zero-order valence-electron chi connectivity index (χ0n) is 19.5. The van der Waals surface area contributed by atoms with Crippen LogP contribution in [0.2, 0.25) is 5.02 Å². The molecule has 0 spiro atoms. The molecule has 0 amide bonds. The number of fused-ring (bicyclic) bond motifs is 2. The van der Waals surface area contributed by atoms with Crippen LogP contribution in [0.4, 0.5) is 5.69 Å². The molecule has 0 fully saturated rings. The lowest BCUT2D eigenvalue weighted by Crippen LogP contribution is -2.20. The molecule has 37 heavy (non-hydrogen) atoms. The lowest BCUT2D eigenvalue weighted by molar-refractivity contribution is -0.386. The van der Waals surface area contributed by atoms with Gasteiger partial charge in [-0.05, 0) is 72.2 Å². The van der Waals surface area contributed by atoms with Gasteiger partial charge in [-0.3, -0.25) is 14.9 Å². The number of halogens is 2. The molecule has 0 unspecified atom stereocenters. The van der Waals surface area contributed by atoms with E-state index < -0.39 is 10.5 Å². The Labute approximate surface area is 223 Å². The van der Waals surface area contributed by atoms with Crippen molar-refractivity contribution in [3.63, 3.8) is 0 Å². The highest BCUT2D eigenvalue weighted by molar-refractivity contribution is 9.10. The van der Waals surface area contributed by atoms with Gasteiger partial charge >= 0.3 is 5.69 Å². The number of furan rings is 1. The Morgan fingerprint density at radius 3 is 2.73 bits per heavy atom. The summed E-state index contributed by atoms with van der Waals surface area (Å²) in [5, 5.41) is 17.7. The molecule has 0 aliphatic heterocycles. The van der Waals surface area contributed by atoms with Crippen molar-refractivity contribution in [2.24, 2.45) is 5.10 Å². The monoisotopic (exact) mass is 580 g/mol. The summed E-state index contributed by atoms with van der Waals surface area (Å²) in [6.07, 6.45) is 1.08. The van der Waals surface area contributed by atoms with E-state index in [1.807, 2.05) is 0 Å². The van der Waals surface area contributed by atoms with Crippen LogP contribution in [-0.2, 0) is 0 Å². The number of nitro groups is 1. The van der Waals surface area contributed by atoms with Crippen LogP contribution in [0.25, 0.3) is 33.5 Å². The van der Waals surface area contributed by atoms with Gasteiger partial charge in [0, 0.05) is 22.0 Å². The van der Waals surface area contributed by atoms with Gasteiger partial charge in [0.25, 0.3) is 5.56 Å². The average Bonchev–Trinajstić information content (AvgIpc) is 3.27. The minimum Gasteiger partial charge on any atom is -0.483 e. The van der Waals surface area contributed by atoms with Crippen molar-refractivity contribution in [1.29, 1.82) is 0 Å². The Morgan fingerprint density at radius 1 is 1.19 bits per heavy atom. The topological polar surface area (TPSA) is 113 Å². The number of nitrogens with zero attached hydrogens (tertiary/aromatic N) is 4. The third kappa shape index (κ3) is 4.85. The average molecular weight is 582 g/mol. The summed E-state index contributed by atoms with van der Waals surface area (Å²) >= 11 is 9.46. The smallest absolute Gasteiger partial charge is 0.312 e. The molecule has 3 aromatic carbocycles. The molecule has 0 atom stereocenters. The third-order valence-electron chi connectivity index (χ3n) is 5.37. The molecule has 0 saturated carbocycles. The number of hydrogen-bond acceptors (Lipinski definition) is 7. The summed E-state index contributed by atoms with van der Waals surface area (Å²) in [6, 6.07) is 16.7. The van der Waals surface area contributed by atoms with Gasteiger partial charge in [0.05, 0.1) is 32.6 Å². The van der Waals surface area contributed by atoms with E-state index in [2.05, 4.69) is 26.0 Å². The standard InChI is InChI=1S/C26H18BrClN4O5/c1-14(2)36-24-19(27)9-15(10-21(24)32(34)35)13-29-31-25(30-20-6-4-3-5-18(20)26(31)33)23-12-16-11-17(28)7-8-22(16)37-23/h3-14H,1-2H3. The summed E-state index contributed by atoms with van der Waals surface area (Å²) in [6.45, 7) is 3.55. The molecule has 9 nitrogen and oxygen atoms in total. The van der Waals surface area contributed by atoms with Crippen molar-refractivity contribution in [2.75, 3.05) is 0 Å². The molecule has 186 valence electrons. The van der Waals surface area contributed by atoms with Gasteiger partial charge in [-0.25, -0.2) is 4.98 Å². The van der Waals surface area contributed by atoms with Crippen molar-refractivity contribution in [1.82, 2.24) is 9.66 Å². The van der Waals surface area contributed by atoms with E-state index >= 15 is 0 Å². The number of aromatic nitrogens is 2. The molecule has 0 aliphatic rings. The van der Waals surface area contributed by atoms with E-state index in [9.17, 15) is 14.9 Å². The highest BCUT2D eigenvalue weighted by Crippen LogP contribution is 2.37. The maximum Gasteiger partial charge on any atom is 0.312 e. The van der Waals surface area contributed by atoms with Gasteiger partial charge < -0.3 is 9.15 Å². The third-order valence-corrected chi connectivity index (χ3v) is 6.20. The number of nitro benzene ring substituents is 1. The molecule has 0 saturated heterocycles. The molecular formula is C26H18BrClN4O5. The number of ether oxygens (including phenoxy) is 1. The van der Waals surface area contributed by atoms with Crippen molar-refractivity contribution in [3.8, 4) is 17.3 Å². The molecule has 5 rings (SSSR count). The van der Waals surface area contributed by atoms with Gasteiger partial charge in [-0.15, -0.1) is 0 Å². The molecule has 0 N–H and O–H groups in total. The second-order valence-corrected chi connectivity index (χ2v) is 9.67. The Morgan fingerprint density at radius 2 is 1.97 bits per heavy atom. The summed E-state index contributed by atoms with van der Waals surface area (Å²) in [5.41, 5.74) is 0.752. The summed E-state index contributed by atoms with van der Waals surface area (Å²) in [7, 11) is 0. The molecule has 5 aromatic rings. The summed E-state index contributed by atoms with van der Waals surface area (Å²) in [4.78, 5) is 29.2. The first kappa shape index (κ1) is 24.7. The minimum absolute atomic E-state index is 0.114. The van der Waals surface area contributed by atoms with Gasteiger partial charge in [-0.2, -0.15) is 9.78 Å². The van der Waals surface area contributed by atoms with E-state index in [1.165, 1.54) is 12.3 Å². The highest BCUT2D eigenvalue weighted by Gasteiger charge is 2.21. The first-order valence-corrected chi connectivity index (χ1v) is 12.3. The first-order chi connectivity index (χ1) is 17.7.